The number of pyridine rings is 1. The average molecular weight is 390 g/mol. The van der Waals surface area contributed by atoms with Crippen LogP contribution in [0.25, 0.3) is 0 Å². The van der Waals surface area contributed by atoms with E-state index in [0.717, 1.165) is 24.1 Å². The van der Waals surface area contributed by atoms with Crippen molar-refractivity contribution in [2.45, 2.75) is 30.3 Å². The summed E-state index contributed by atoms with van der Waals surface area (Å²) >= 11 is 0. The van der Waals surface area contributed by atoms with E-state index in [1.165, 1.54) is 23.3 Å². The minimum Gasteiger partial charge on any atom is -0.487 e. The number of ether oxygens (including phenoxy) is 1. The molecule has 1 saturated heterocycles. The van der Waals surface area contributed by atoms with Gasteiger partial charge in [0.15, 0.2) is 9.84 Å². The van der Waals surface area contributed by atoms with Crippen LogP contribution >= 0.6 is 0 Å². The molecule has 0 bridgehead atoms. The number of benzene rings is 1. The molecule has 1 aliphatic rings. The first kappa shape index (κ1) is 19.2. The number of rotatable bonds is 5. The van der Waals surface area contributed by atoms with E-state index in [9.17, 15) is 13.2 Å². The van der Waals surface area contributed by atoms with E-state index < -0.39 is 15.9 Å². The Labute approximate surface area is 158 Å². The van der Waals surface area contributed by atoms with Crippen LogP contribution in [0.2, 0.25) is 0 Å². The molecule has 144 valence electrons. The Morgan fingerprint density at radius 2 is 1.85 bits per heavy atom. The second-order valence-electron chi connectivity index (χ2n) is 6.66. The third kappa shape index (κ3) is 4.97. The minimum atomic E-state index is -3.21. The maximum Gasteiger partial charge on any atom is 0.407 e. The summed E-state index contributed by atoms with van der Waals surface area (Å²) in [6.07, 6.45) is 3.74. The molecule has 1 amide bonds. The third-order valence-corrected chi connectivity index (χ3v) is 5.85. The van der Waals surface area contributed by atoms with Crippen molar-refractivity contribution in [1.82, 2.24) is 9.88 Å². The highest BCUT2D eigenvalue weighted by Crippen LogP contribution is 2.27. The molecule has 3 rings (SSSR count). The van der Waals surface area contributed by atoms with E-state index in [4.69, 9.17) is 9.84 Å². The molecule has 7 nitrogen and oxygen atoms in total. The Kier molecular flexibility index (Phi) is 5.65. The molecular weight excluding hydrogens is 368 g/mol. The highest BCUT2D eigenvalue weighted by molar-refractivity contribution is 7.90. The molecule has 1 aromatic heterocycles. The van der Waals surface area contributed by atoms with E-state index in [0.29, 0.717) is 24.8 Å². The van der Waals surface area contributed by atoms with Gasteiger partial charge in [-0.25, -0.2) is 13.2 Å². The zero-order valence-corrected chi connectivity index (χ0v) is 15.9. The molecule has 0 unspecified atom stereocenters. The molecule has 1 aromatic carbocycles. The summed E-state index contributed by atoms with van der Waals surface area (Å²) in [5, 5.41) is 9.01. The Morgan fingerprint density at radius 1 is 1.19 bits per heavy atom. The van der Waals surface area contributed by atoms with Gasteiger partial charge >= 0.3 is 6.09 Å². The van der Waals surface area contributed by atoms with Gasteiger partial charge in [0, 0.05) is 25.5 Å². The Morgan fingerprint density at radius 3 is 2.37 bits per heavy atom. The van der Waals surface area contributed by atoms with Crippen LogP contribution in [-0.2, 0) is 16.4 Å². The van der Waals surface area contributed by atoms with Crippen LogP contribution in [0.5, 0.6) is 5.75 Å². The molecular formula is C19H22N2O5S. The van der Waals surface area contributed by atoms with Crippen molar-refractivity contribution in [2.24, 2.45) is 0 Å². The van der Waals surface area contributed by atoms with E-state index >= 15 is 0 Å². The molecule has 0 aliphatic carbocycles. The zero-order chi connectivity index (χ0) is 19.4. The van der Waals surface area contributed by atoms with Crippen LogP contribution in [0.3, 0.4) is 0 Å². The second-order valence-corrected chi connectivity index (χ2v) is 8.67. The van der Waals surface area contributed by atoms with E-state index in [1.807, 2.05) is 18.3 Å². The van der Waals surface area contributed by atoms with Crippen LogP contribution in [0.4, 0.5) is 4.79 Å². The Hall–Kier alpha value is -2.61. The number of carbonyl (C=O) groups is 1. The lowest BCUT2D eigenvalue weighted by Gasteiger charge is -2.30. The third-order valence-electron chi connectivity index (χ3n) is 4.72. The lowest BCUT2D eigenvalue weighted by molar-refractivity contribution is 0.132. The fourth-order valence-electron chi connectivity index (χ4n) is 3.11. The lowest BCUT2D eigenvalue weighted by Crippen LogP contribution is -2.36. The summed E-state index contributed by atoms with van der Waals surface area (Å²) < 4.78 is 28.6. The summed E-state index contributed by atoms with van der Waals surface area (Å²) in [7, 11) is -3.21. The first-order valence-electron chi connectivity index (χ1n) is 8.68. The van der Waals surface area contributed by atoms with Gasteiger partial charge < -0.3 is 14.7 Å². The molecule has 1 N–H and O–H groups in total. The molecule has 1 aliphatic heterocycles. The van der Waals surface area contributed by atoms with E-state index in [1.54, 1.807) is 12.1 Å². The Bertz CT molecular complexity index is 887. The predicted molar refractivity (Wildman–Crippen MR) is 99.7 cm³/mol. The Balaban J connectivity index is 1.54. The van der Waals surface area contributed by atoms with Gasteiger partial charge in [-0.1, -0.05) is 6.07 Å². The molecule has 8 heteroatoms. The highest BCUT2D eigenvalue weighted by Gasteiger charge is 2.23. The molecule has 2 aromatic rings. The van der Waals surface area contributed by atoms with Gasteiger partial charge in [-0.15, -0.1) is 0 Å². The quantitative estimate of drug-likeness (QED) is 0.843. The number of amides is 1. The van der Waals surface area contributed by atoms with Crippen molar-refractivity contribution >= 4 is 15.9 Å². The van der Waals surface area contributed by atoms with Crippen LogP contribution in [0.15, 0.2) is 47.5 Å². The monoisotopic (exact) mass is 390 g/mol. The molecule has 0 radical (unpaired) electrons. The minimum absolute atomic E-state index is 0.256. The van der Waals surface area contributed by atoms with Gasteiger partial charge in [-0.3, -0.25) is 4.98 Å². The average Bonchev–Trinajstić information content (AvgIpc) is 2.66. The van der Waals surface area contributed by atoms with Crippen LogP contribution in [0.1, 0.15) is 30.0 Å². The van der Waals surface area contributed by atoms with Crippen LogP contribution in [-0.4, -0.2) is 48.8 Å². The number of sulfone groups is 1. The van der Waals surface area contributed by atoms with Crippen molar-refractivity contribution in [3.63, 3.8) is 0 Å². The number of carboxylic acid groups (broad SMARTS) is 1. The number of aromatic nitrogens is 1. The van der Waals surface area contributed by atoms with Gasteiger partial charge in [0.1, 0.15) is 12.4 Å². The van der Waals surface area contributed by atoms with Crippen LogP contribution < -0.4 is 4.74 Å². The number of hydrogen-bond acceptors (Lipinski definition) is 5. The van der Waals surface area contributed by atoms with Gasteiger partial charge in [-0.05, 0) is 54.7 Å². The number of likely N-dealkylation sites (tertiary alicyclic amines) is 1. The number of piperidine rings is 1. The molecule has 0 spiro atoms. The van der Waals surface area contributed by atoms with Gasteiger partial charge in [0.25, 0.3) is 0 Å². The number of hydrogen-bond donors (Lipinski definition) is 1. The maximum atomic E-state index is 11.5. The predicted octanol–water partition coefficient (Wildman–Crippen LogP) is 2.92. The summed E-state index contributed by atoms with van der Waals surface area (Å²) in [6.45, 7) is 1.39. The second kappa shape index (κ2) is 7.96. The number of nitrogens with zero attached hydrogens (tertiary/aromatic N) is 2. The molecule has 0 saturated carbocycles. The van der Waals surface area contributed by atoms with Crippen molar-refractivity contribution in [1.29, 1.82) is 0 Å². The fraction of sp³-hybridized carbons (Fsp3) is 0.368. The van der Waals surface area contributed by atoms with Crippen LogP contribution in [0, 0.1) is 0 Å². The first-order valence-corrected chi connectivity index (χ1v) is 10.6. The zero-order valence-electron chi connectivity index (χ0n) is 15.0. The summed E-state index contributed by atoms with van der Waals surface area (Å²) in [6, 6.07) is 10.2. The van der Waals surface area contributed by atoms with Crippen molar-refractivity contribution in [3.05, 3.63) is 53.9 Å². The summed E-state index contributed by atoms with van der Waals surface area (Å²) in [5.41, 5.74) is 1.88. The maximum absolute atomic E-state index is 11.5. The van der Waals surface area contributed by atoms with Gasteiger partial charge in [0.2, 0.25) is 0 Å². The molecule has 1 fully saturated rings. The van der Waals surface area contributed by atoms with E-state index in [2.05, 4.69) is 4.98 Å². The standard InChI is InChI=1S/C19H22N2O5S/c1-27(24,25)18-6-4-17(5-7-18)26-13-16-3-2-15(12-20-16)14-8-10-21(11-9-14)19(22)23/h2-7,12,14H,8-11,13H2,1H3,(H,22,23). The molecule has 27 heavy (non-hydrogen) atoms. The first-order chi connectivity index (χ1) is 12.8. The normalized spacial score (nSPS) is 15.5. The van der Waals surface area contributed by atoms with Crippen molar-refractivity contribution < 1.29 is 23.1 Å². The molecule has 0 atom stereocenters. The highest BCUT2D eigenvalue weighted by atomic mass is 32.2. The topological polar surface area (TPSA) is 96.8 Å². The van der Waals surface area contributed by atoms with Gasteiger partial charge in [-0.2, -0.15) is 0 Å². The SMILES string of the molecule is CS(=O)(=O)c1ccc(OCc2ccc(C3CCN(C(=O)O)CC3)cn2)cc1. The molecule has 2 heterocycles. The fourth-order valence-corrected chi connectivity index (χ4v) is 3.74. The lowest BCUT2D eigenvalue weighted by atomic mass is 9.90. The smallest absolute Gasteiger partial charge is 0.407 e. The summed E-state index contributed by atoms with van der Waals surface area (Å²) in [4.78, 5) is 17.1. The van der Waals surface area contributed by atoms with Gasteiger partial charge in [0.05, 0.1) is 10.6 Å². The summed E-state index contributed by atoms with van der Waals surface area (Å²) in [5.74, 6) is 0.904. The van der Waals surface area contributed by atoms with E-state index in [-0.39, 0.29) is 11.5 Å². The van der Waals surface area contributed by atoms with Crippen molar-refractivity contribution in [3.8, 4) is 5.75 Å². The van der Waals surface area contributed by atoms with Crippen molar-refractivity contribution in [2.75, 3.05) is 19.3 Å². The largest absolute Gasteiger partial charge is 0.487 e.